The lowest BCUT2D eigenvalue weighted by Gasteiger charge is -2.06. The number of hydrogen-bond acceptors (Lipinski definition) is 6. The van der Waals surface area contributed by atoms with Crippen LogP contribution in [0.3, 0.4) is 0 Å². The van der Waals surface area contributed by atoms with Gasteiger partial charge in [-0.25, -0.2) is 0 Å². The number of carbonyl (C=O) groups is 1. The van der Waals surface area contributed by atoms with E-state index in [4.69, 9.17) is 14.6 Å². The van der Waals surface area contributed by atoms with Crippen molar-refractivity contribution < 1.29 is 29.6 Å². The van der Waals surface area contributed by atoms with E-state index in [2.05, 4.69) is 5.32 Å². The van der Waals surface area contributed by atoms with Crippen LogP contribution in [0.1, 0.15) is 11.1 Å². The third kappa shape index (κ3) is 3.26. The summed E-state index contributed by atoms with van der Waals surface area (Å²) in [6, 6.07) is 7.46. The Kier molecular flexibility index (Phi) is 4.26. The first-order chi connectivity index (χ1) is 11.6. The largest absolute Gasteiger partial charge is 0.508 e. The molecule has 0 aromatic heterocycles. The van der Waals surface area contributed by atoms with Crippen LogP contribution >= 0.6 is 0 Å². The molecule has 0 saturated carbocycles. The van der Waals surface area contributed by atoms with Gasteiger partial charge in [0, 0.05) is 23.8 Å². The van der Waals surface area contributed by atoms with Crippen LogP contribution in [0, 0.1) is 0 Å². The van der Waals surface area contributed by atoms with Gasteiger partial charge >= 0.3 is 0 Å². The Morgan fingerprint density at radius 3 is 2.62 bits per heavy atom. The Hall–Kier alpha value is -3.19. The maximum absolute atomic E-state index is 12.0. The van der Waals surface area contributed by atoms with E-state index in [9.17, 15) is 15.0 Å². The highest BCUT2D eigenvalue weighted by Crippen LogP contribution is 2.40. The average Bonchev–Trinajstić information content (AvgIpc) is 3.01. The normalized spacial score (nSPS) is 12.5. The number of aromatic hydroxyl groups is 2. The number of amides is 1. The molecule has 1 heterocycles. The second kappa shape index (κ2) is 6.51. The van der Waals surface area contributed by atoms with Gasteiger partial charge < -0.3 is 30.1 Å². The van der Waals surface area contributed by atoms with Crippen LogP contribution in [0.4, 0.5) is 5.69 Å². The zero-order valence-corrected chi connectivity index (χ0v) is 12.5. The molecule has 0 saturated heterocycles. The lowest BCUT2D eigenvalue weighted by atomic mass is 10.1. The van der Waals surface area contributed by atoms with Crippen LogP contribution in [-0.2, 0) is 11.4 Å². The highest BCUT2D eigenvalue weighted by atomic mass is 16.7. The molecule has 0 spiro atoms. The third-order valence-corrected chi connectivity index (χ3v) is 3.45. The number of ether oxygens (including phenoxy) is 2. The number of aliphatic hydroxyl groups excluding tert-OH is 1. The van der Waals surface area contributed by atoms with Gasteiger partial charge in [-0.3, -0.25) is 4.79 Å². The number of fused-ring (bicyclic) bond motifs is 1. The fraction of sp³-hybridized carbons (Fsp3) is 0.118. The summed E-state index contributed by atoms with van der Waals surface area (Å²) in [7, 11) is 0. The Morgan fingerprint density at radius 2 is 1.88 bits per heavy atom. The van der Waals surface area contributed by atoms with Gasteiger partial charge in [-0.2, -0.15) is 0 Å². The molecule has 0 atom stereocenters. The Morgan fingerprint density at radius 1 is 1.12 bits per heavy atom. The molecular formula is C17H15NO6. The van der Waals surface area contributed by atoms with Gasteiger partial charge in [0.05, 0.1) is 12.3 Å². The quantitative estimate of drug-likeness (QED) is 0.504. The molecule has 1 aliphatic rings. The second-order valence-corrected chi connectivity index (χ2v) is 5.09. The molecule has 124 valence electrons. The van der Waals surface area contributed by atoms with Crippen LogP contribution < -0.4 is 14.8 Å². The van der Waals surface area contributed by atoms with Crippen molar-refractivity contribution in [1.29, 1.82) is 0 Å². The summed E-state index contributed by atoms with van der Waals surface area (Å²) in [5, 5.41) is 31.0. The number of benzene rings is 2. The molecular weight excluding hydrogens is 314 g/mol. The van der Waals surface area contributed by atoms with Crippen LogP contribution in [0.15, 0.2) is 36.4 Å². The molecule has 4 N–H and O–H groups in total. The number of hydrogen-bond donors (Lipinski definition) is 4. The van der Waals surface area contributed by atoms with E-state index < -0.39 is 5.91 Å². The molecule has 3 rings (SSSR count). The second-order valence-electron chi connectivity index (χ2n) is 5.09. The molecule has 0 aliphatic carbocycles. The molecule has 0 radical (unpaired) electrons. The number of nitrogens with one attached hydrogen (secondary N) is 1. The number of anilines is 1. The van der Waals surface area contributed by atoms with Gasteiger partial charge in [-0.15, -0.1) is 0 Å². The van der Waals surface area contributed by atoms with E-state index in [1.807, 2.05) is 0 Å². The topological polar surface area (TPSA) is 108 Å². The smallest absolute Gasteiger partial charge is 0.248 e. The number of aliphatic hydroxyl groups is 1. The summed E-state index contributed by atoms with van der Waals surface area (Å²) in [6.45, 7) is -0.231. The van der Waals surface area contributed by atoms with Gasteiger partial charge in [0.2, 0.25) is 12.7 Å². The predicted octanol–water partition coefficient (Wildman–Crippen LogP) is 1.97. The molecule has 7 heteroatoms. The predicted molar refractivity (Wildman–Crippen MR) is 85.9 cm³/mol. The van der Waals surface area contributed by atoms with Crippen molar-refractivity contribution >= 4 is 17.7 Å². The minimum atomic E-state index is -0.456. The fourth-order valence-electron chi connectivity index (χ4n) is 2.21. The maximum Gasteiger partial charge on any atom is 0.248 e. The zero-order chi connectivity index (χ0) is 17.1. The van der Waals surface area contributed by atoms with E-state index in [1.165, 1.54) is 30.4 Å². The highest BCUT2D eigenvalue weighted by Gasteiger charge is 2.17. The first-order valence-corrected chi connectivity index (χ1v) is 7.11. The lowest BCUT2D eigenvalue weighted by molar-refractivity contribution is -0.111. The molecule has 7 nitrogen and oxygen atoms in total. The van der Waals surface area contributed by atoms with Gasteiger partial charge in [-0.1, -0.05) is 6.07 Å². The van der Waals surface area contributed by atoms with Crippen LogP contribution in [-0.4, -0.2) is 28.0 Å². The maximum atomic E-state index is 12.0. The fourth-order valence-corrected chi connectivity index (χ4v) is 2.21. The average molecular weight is 329 g/mol. The number of phenols is 2. The van der Waals surface area contributed by atoms with Crippen molar-refractivity contribution in [3.05, 3.63) is 47.5 Å². The van der Waals surface area contributed by atoms with Crippen LogP contribution in [0.2, 0.25) is 0 Å². The Balaban J connectivity index is 1.72. The molecule has 0 bridgehead atoms. The SMILES string of the molecule is O=C(/C=C/c1ccc(O)c(CO)c1)Nc1cc2c(cc1O)OCO2. The summed E-state index contributed by atoms with van der Waals surface area (Å²) in [6.07, 6.45) is 2.80. The number of carbonyl (C=O) groups excluding carboxylic acids is 1. The molecule has 2 aromatic rings. The summed E-state index contributed by atoms with van der Waals surface area (Å²) < 4.78 is 10.3. The minimum Gasteiger partial charge on any atom is -0.508 e. The first-order valence-electron chi connectivity index (χ1n) is 7.11. The van der Waals surface area contributed by atoms with Crippen LogP contribution in [0.25, 0.3) is 6.08 Å². The molecule has 24 heavy (non-hydrogen) atoms. The summed E-state index contributed by atoms with van der Waals surface area (Å²) in [5.41, 5.74) is 1.21. The van der Waals surface area contributed by atoms with Crippen molar-refractivity contribution in [2.45, 2.75) is 6.61 Å². The van der Waals surface area contributed by atoms with Crippen LogP contribution in [0.5, 0.6) is 23.0 Å². The minimum absolute atomic E-state index is 0.00983. The van der Waals surface area contributed by atoms with E-state index in [-0.39, 0.29) is 30.6 Å². The molecule has 0 fully saturated rings. The first kappa shape index (κ1) is 15.7. The Bertz CT molecular complexity index is 815. The Labute approximate surface area is 137 Å². The van der Waals surface area contributed by atoms with Crippen molar-refractivity contribution in [2.24, 2.45) is 0 Å². The summed E-state index contributed by atoms with van der Waals surface area (Å²) in [4.78, 5) is 12.0. The molecule has 1 amide bonds. The van der Waals surface area contributed by atoms with Crippen molar-refractivity contribution in [1.82, 2.24) is 0 Å². The lowest BCUT2D eigenvalue weighted by Crippen LogP contribution is -2.07. The van der Waals surface area contributed by atoms with Crippen molar-refractivity contribution in [3.63, 3.8) is 0 Å². The third-order valence-electron chi connectivity index (χ3n) is 3.45. The molecule has 2 aromatic carbocycles. The zero-order valence-electron chi connectivity index (χ0n) is 12.5. The van der Waals surface area contributed by atoms with E-state index in [0.29, 0.717) is 22.6 Å². The van der Waals surface area contributed by atoms with E-state index in [0.717, 1.165) is 0 Å². The van der Waals surface area contributed by atoms with E-state index >= 15 is 0 Å². The molecule has 1 aliphatic heterocycles. The highest BCUT2D eigenvalue weighted by molar-refractivity contribution is 6.03. The summed E-state index contributed by atoms with van der Waals surface area (Å²) in [5.74, 6) is 0.264. The van der Waals surface area contributed by atoms with E-state index in [1.54, 1.807) is 12.1 Å². The summed E-state index contributed by atoms with van der Waals surface area (Å²) >= 11 is 0. The monoisotopic (exact) mass is 329 g/mol. The van der Waals surface area contributed by atoms with Crippen molar-refractivity contribution in [2.75, 3.05) is 12.1 Å². The number of rotatable bonds is 4. The van der Waals surface area contributed by atoms with Gasteiger partial charge in [0.25, 0.3) is 0 Å². The molecule has 0 unspecified atom stereocenters. The standard InChI is InChI=1S/C17H15NO6/c19-8-11-5-10(1-3-13(11)20)2-4-17(22)18-12-6-15-16(7-14(12)21)24-9-23-15/h1-7,19-21H,8-9H2,(H,18,22)/b4-2+. The van der Waals surface area contributed by atoms with Crippen molar-refractivity contribution in [3.8, 4) is 23.0 Å². The van der Waals surface area contributed by atoms with Gasteiger partial charge in [0.1, 0.15) is 11.5 Å². The number of phenolic OH excluding ortho intramolecular Hbond substituents is 1. The van der Waals surface area contributed by atoms with Gasteiger partial charge in [-0.05, 0) is 23.8 Å². The van der Waals surface area contributed by atoms with Gasteiger partial charge in [0.15, 0.2) is 11.5 Å².